The molecule has 1 aliphatic rings. The highest BCUT2D eigenvalue weighted by atomic mass is 16.5. The molecule has 1 aliphatic carbocycles. The number of unbranched alkanes of at least 4 members (excludes halogenated alkanes) is 3. The molecular formula is C28H46O2. The summed E-state index contributed by atoms with van der Waals surface area (Å²) in [6, 6.07) is 10.8. The summed E-state index contributed by atoms with van der Waals surface area (Å²) >= 11 is 0. The van der Waals surface area contributed by atoms with E-state index in [2.05, 4.69) is 49.1 Å². The number of hydrogen-bond acceptors (Lipinski definition) is 2. The molecule has 1 saturated carbocycles. The fraction of sp³-hybridized carbons (Fsp3) is 0.643. The van der Waals surface area contributed by atoms with Crippen LogP contribution in [0.25, 0.3) is 0 Å². The van der Waals surface area contributed by atoms with Gasteiger partial charge in [-0.1, -0.05) is 69.3 Å². The largest absolute Gasteiger partial charge is 0.496 e. The van der Waals surface area contributed by atoms with Gasteiger partial charge in [0.25, 0.3) is 0 Å². The van der Waals surface area contributed by atoms with Crippen LogP contribution in [0.3, 0.4) is 0 Å². The molecule has 0 amide bonds. The Balaban J connectivity index is 0.00000450. The minimum atomic E-state index is -0.0842. The highest BCUT2D eigenvalue weighted by molar-refractivity contribution is 5.14. The molecule has 1 fully saturated rings. The summed E-state index contributed by atoms with van der Waals surface area (Å²) in [5.41, 5.74) is 1.44. The van der Waals surface area contributed by atoms with Crippen molar-refractivity contribution in [2.24, 2.45) is 11.8 Å². The van der Waals surface area contributed by atoms with Crippen molar-refractivity contribution in [2.45, 2.75) is 104 Å². The van der Waals surface area contributed by atoms with Gasteiger partial charge < -0.3 is 9.84 Å². The van der Waals surface area contributed by atoms with Crippen LogP contribution in [-0.2, 0) is 11.2 Å². The van der Waals surface area contributed by atoms with Crippen molar-refractivity contribution in [2.75, 3.05) is 0 Å². The Morgan fingerprint density at radius 3 is 2.60 bits per heavy atom. The van der Waals surface area contributed by atoms with Crippen molar-refractivity contribution < 1.29 is 9.84 Å². The standard InChI is InChI=1S/C27H42O2.CH4/c1-22(2)29-23(3)14-8-4-5-12-18-25-20-21-27(28)26(25)19-13-7-11-17-24-15-9-6-10-16-24;/h5-6,9-10,12,15-16,22,25-28H,3-4,7-8,11,13-14,17-21H2,1-2H3;1H4/b12-5-;/t25-,26?,27+;/m0./s1. The predicted molar refractivity (Wildman–Crippen MR) is 131 cm³/mol. The first-order valence-corrected chi connectivity index (χ1v) is 11.8. The Bertz CT molecular complexity index is 590. The predicted octanol–water partition coefficient (Wildman–Crippen LogP) is 7.87. The Kier molecular flexibility index (Phi) is 13.5. The fourth-order valence-corrected chi connectivity index (χ4v) is 4.58. The molecule has 0 saturated heterocycles. The van der Waals surface area contributed by atoms with Crippen LogP contribution < -0.4 is 0 Å². The van der Waals surface area contributed by atoms with Gasteiger partial charge in [0, 0.05) is 6.42 Å². The van der Waals surface area contributed by atoms with Crippen LogP contribution in [0, 0.1) is 11.8 Å². The average molecular weight is 415 g/mol. The normalized spacial score (nSPS) is 21.1. The quantitative estimate of drug-likeness (QED) is 0.191. The lowest BCUT2D eigenvalue weighted by Gasteiger charge is -2.21. The lowest BCUT2D eigenvalue weighted by molar-refractivity contribution is 0.110. The average Bonchev–Trinajstić information content (AvgIpc) is 3.04. The molecule has 0 heterocycles. The molecule has 0 radical (unpaired) electrons. The van der Waals surface area contributed by atoms with Gasteiger partial charge in [0.15, 0.2) is 0 Å². The summed E-state index contributed by atoms with van der Waals surface area (Å²) in [7, 11) is 0. The molecule has 3 atom stereocenters. The Labute approximate surface area is 186 Å². The second kappa shape index (κ2) is 15.3. The number of aliphatic hydroxyl groups is 1. The van der Waals surface area contributed by atoms with Crippen LogP contribution in [0.15, 0.2) is 54.8 Å². The minimum absolute atomic E-state index is 0. The molecule has 0 bridgehead atoms. The SMILES string of the molecule is C.C=C(CCC/C=C\C[C@H]1CC[C@@H](O)C1CCCCCc1ccccc1)OC(C)C. The van der Waals surface area contributed by atoms with Gasteiger partial charge in [-0.25, -0.2) is 0 Å². The van der Waals surface area contributed by atoms with Crippen LogP contribution in [0.5, 0.6) is 0 Å². The molecule has 0 spiro atoms. The summed E-state index contributed by atoms with van der Waals surface area (Å²) in [6.45, 7) is 8.06. The van der Waals surface area contributed by atoms with Crippen molar-refractivity contribution in [3.63, 3.8) is 0 Å². The zero-order valence-electron chi connectivity index (χ0n) is 18.7. The van der Waals surface area contributed by atoms with Gasteiger partial charge in [-0.3, -0.25) is 0 Å². The van der Waals surface area contributed by atoms with E-state index in [-0.39, 0.29) is 19.6 Å². The van der Waals surface area contributed by atoms with Gasteiger partial charge >= 0.3 is 0 Å². The van der Waals surface area contributed by atoms with E-state index < -0.39 is 0 Å². The highest BCUT2D eigenvalue weighted by Crippen LogP contribution is 2.38. The molecule has 1 aromatic rings. The molecular weight excluding hydrogens is 368 g/mol. The maximum atomic E-state index is 10.4. The van der Waals surface area contributed by atoms with Gasteiger partial charge in [0.1, 0.15) is 0 Å². The van der Waals surface area contributed by atoms with Crippen molar-refractivity contribution in [3.8, 4) is 0 Å². The van der Waals surface area contributed by atoms with Gasteiger partial charge in [-0.2, -0.15) is 0 Å². The van der Waals surface area contributed by atoms with Crippen LogP contribution in [0.4, 0.5) is 0 Å². The number of benzene rings is 1. The first-order valence-electron chi connectivity index (χ1n) is 11.8. The molecule has 0 aliphatic heterocycles. The van der Waals surface area contributed by atoms with E-state index in [9.17, 15) is 5.11 Å². The van der Waals surface area contributed by atoms with Crippen molar-refractivity contribution in [1.82, 2.24) is 0 Å². The number of aliphatic hydroxyl groups excluding tert-OH is 1. The van der Waals surface area contributed by atoms with E-state index in [0.717, 1.165) is 37.9 Å². The Hall–Kier alpha value is -1.54. The molecule has 1 unspecified atom stereocenters. The number of ether oxygens (including phenoxy) is 1. The summed E-state index contributed by atoms with van der Waals surface area (Å²) in [4.78, 5) is 0. The van der Waals surface area contributed by atoms with Crippen LogP contribution >= 0.6 is 0 Å². The van der Waals surface area contributed by atoms with E-state index >= 15 is 0 Å². The van der Waals surface area contributed by atoms with Gasteiger partial charge in [-0.05, 0) is 82.6 Å². The van der Waals surface area contributed by atoms with Gasteiger partial charge in [0.05, 0.1) is 18.0 Å². The third kappa shape index (κ3) is 10.5. The molecule has 1 aromatic carbocycles. The number of rotatable bonds is 14. The van der Waals surface area contributed by atoms with E-state index in [0.29, 0.717) is 11.8 Å². The van der Waals surface area contributed by atoms with Gasteiger partial charge in [0.2, 0.25) is 0 Å². The number of allylic oxidation sites excluding steroid dienone is 3. The summed E-state index contributed by atoms with van der Waals surface area (Å²) in [5, 5.41) is 10.4. The zero-order valence-corrected chi connectivity index (χ0v) is 18.7. The minimum Gasteiger partial charge on any atom is -0.496 e. The number of aryl methyl sites for hydroxylation is 1. The second-order valence-corrected chi connectivity index (χ2v) is 8.96. The number of hydrogen-bond donors (Lipinski definition) is 1. The molecule has 1 N–H and O–H groups in total. The Morgan fingerprint density at radius 1 is 1.10 bits per heavy atom. The maximum Gasteiger partial charge on any atom is 0.0926 e. The summed E-state index contributed by atoms with van der Waals surface area (Å²) in [5.74, 6) is 2.06. The molecule has 2 rings (SSSR count). The molecule has 2 heteroatoms. The van der Waals surface area contributed by atoms with E-state index in [1.165, 1.54) is 44.1 Å². The zero-order chi connectivity index (χ0) is 20.9. The van der Waals surface area contributed by atoms with Crippen LogP contribution in [0.2, 0.25) is 0 Å². The summed E-state index contributed by atoms with van der Waals surface area (Å²) < 4.78 is 5.60. The van der Waals surface area contributed by atoms with Crippen LogP contribution in [-0.4, -0.2) is 17.3 Å². The first-order chi connectivity index (χ1) is 14.1. The maximum absolute atomic E-state index is 10.4. The molecule has 2 nitrogen and oxygen atoms in total. The van der Waals surface area contributed by atoms with E-state index in [1.807, 2.05) is 13.8 Å². The second-order valence-electron chi connectivity index (χ2n) is 8.96. The van der Waals surface area contributed by atoms with E-state index in [4.69, 9.17) is 4.74 Å². The van der Waals surface area contributed by atoms with Crippen molar-refractivity contribution >= 4 is 0 Å². The lowest BCUT2D eigenvalue weighted by Crippen LogP contribution is -2.18. The molecule has 170 valence electrons. The van der Waals surface area contributed by atoms with Crippen molar-refractivity contribution in [1.29, 1.82) is 0 Å². The van der Waals surface area contributed by atoms with E-state index in [1.54, 1.807) is 0 Å². The lowest BCUT2D eigenvalue weighted by atomic mass is 9.87. The third-order valence-corrected chi connectivity index (χ3v) is 6.11. The van der Waals surface area contributed by atoms with Crippen LogP contribution in [0.1, 0.15) is 91.0 Å². The molecule has 30 heavy (non-hydrogen) atoms. The molecule has 0 aromatic heterocycles. The van der Waals surface area contributed by atoms with Crippen molar-refractivity contribution in [3.05, 3.63) is 60.4 Å². The van der Waals surface area contributed by atoms with Gasteiger partial charge in [-0.15, -0.1) is 0 Å². The Morgan fingerprint density at radius 2 is 1.87 bits per heavy atom. The fourth-order valence-electron chi connectivity index (χ4n) is 4.58. The summed E-state index contributed by atoms with van der Waals surface area (Å²) in [6.07, 6.45) is 17.3. The smallest absolute Gasteiger partial charge is 0.0926 e. The monoisotopic (exact) mass is 414 g/mol. The topological polar surface area (TPSA) is 29.5 Å². The highest BCUT2D eigenvalue weighted by Gasteiger charge is 2.33. The first kappa shape index (κ1) is 26.5. The third-order valence-electron chi connectivity index (χ3n) is 6.11.